The Morgan fingerprint density at radius 2 is 0.929 bits per heavy atom. The standard InChI is InChI=1S/C22H10Br4S2/c23-15-10-14(22-20(26)12-6-2-4-8-18(12)28-22)16(24)9-13(15)21-19(25)11-5-1-3-7-17(11)27-21/h1-10H. The minimum Gasteiger partial charge on any atom is -0.134 e. The van der Waals surface area contributed by atoms with Crippen molar-refractivity contribution in [3.63, 3.8) is 0 Å². The van der Waals surface area contributed by atoms with Gasteiger partial charge in [-0.15, -0.1) is 22.7 Å². The Balaban J connectivity index is 1.70. The second-order valence-corrected chi connectivity index (χ2v) is 11.7. The van der Waals surface area contributed by atoms with E-state index < -0.39 is 0 Å². The summed E-state index contributed by atoms with van der Waals surface area (Å²) in [5.41, 5.74) is 2.36. The summed E-state index contributed by atoms with van der Waals surface area (Å²) in [4.78, 5) is 2.46. The summed E-state index contributed by atoms with van der Waals surface area (Å²) in [6, 6.07) is 21.4. The lowest BCUT2D eigenvalue weighted by molar-refractivity contribution is 1.59. The van der Waals surface area contributed by atoms with E-state index in [4.69, 9.17) is 0 Å². The van der Waals surface area contributed by atoms with Gasteiger partial charge in [-0.1, -0.05) is 68.3 Å². The van der Waals surface area contributed by atoms with Gasteiger partial charge in [-0.05, 0) is 56.1 Å². The van der Waals surface area contributed by atoms with Crippen molar-refractivity contribution in [3.05, 3.63) is 78.6 Å². The number of benzene rings is 3. The molecule has 0 radical (unpaired) electrons. The summed E-state index contributed by atoms with van der Waals surface area (Å²) in [5, 5.41) is 2.50. The van der Waals surface area contributed by atoms with E-state index >= 15 is 0 Å². The van der Waals surface area contributed by atoms with E-state index in [1.54, 1.807) is 22.7 Å². The van der Waals surface area contributed by atoms with Gasteiger partial charge in [0.25, 0.3) is 0 Å². The van der Waals surface area contributed by atoms with E-state index in [-0.39, 0.29) is 0 Å². The topological polar surface area (TPSA) is 0 Å². The number of thiophene rings is 2. The predicted molar refractivity (Wildman–Crippen MR) is 139 cm³/mol. The Hall–Kier alpha value is -0.500. The molecule has 2 heterocycles. The van der Waals surface area contributed by atoms with Gasteiger partial charge in [0, 0.05) is 49.2 Å². The molecule has 0 aliphatic rings. The van der Waals surface area contributed by atoms with E-state index in [0.717, 1.165) is 17.9 Å². The summed E-state index contributed by atoms with van der Waals surface area (Å²) < 4.78 is 7.03. The molecule has 6 heteroatoms. The minimum absolute atomic E-state index is 1.09. The molecule has 0 fully saturated rings. The van der Waals surface area contributed by atoms with Crippen LogP contribution in [0.4, 0.5) is 0 Å². The Kier molecular flexibility index (Phi) is 5.31. The Morgan fingerprint density at radius 3 is 1.32 bits per heavy atom. The first kappa shape index (κ1) is 19.5. The molecule has 138 valence electrons. The molecular formula is C22H10Br4S2. The van der Waals surface area contributed by atoms with E-state index in [1.807, 2.05) is 0 Å². The molecule has 0 saturated heterocycles. The maximum absolute atomic E-state index is 3.83. The maximum Gasteiger partial charge on any atom is 0.0509 e. The van der Waals surface area contributed by atoms with Gasteiger partial charge in [-0.2, -0.15) is 0 Å². The van der Waals surface area contributed by atoms with Gasteiger partial charge < -0.3 is 0 Å². The van der Waals surface area contributed by atoms with Crippen molar-refractivity contribution in [3.8, 4) is 20.9 Å². The molecule has 0 saturated carbocycles. The Bertz CT molecular complexity index is 1260. The van der Waals surface area contributed by atoms with Crippen LogP contribution in [0.1, 0.15) is 0 Å². The molecule has 0 aliphatic carbocycles. The molecule has 28 heavy (non-hydrogen) atoms. The molecule has 2 aromatic heterocycles. The molecule has 0 bridgehead atoms. The fourth-order valence-electron chi connectivity index (χ4n) is 3.27. The highest BCUT2D eigenvalue weighted by Crippen LogP contribution is 2.49. The SMILES string of the molecule is Brc1cc(-c2sc3ccccc3c2Br)c(Br)cc1-c1sc2ccccc2c1Br. The van der Waals surface area contributed by atoms with Crippen LogP contribution >= 0.6 is 86.4 Å². The van der Waals surface area contributed by atoms with Crippen LogP contribution in [0.15, 0.2) is 78.6 Å². The van der Waals surface area contributed by atoms with Crippen molar-refractivity contribution in [2.45, 2.75) is 0 Å². The van der Waals surface area contributed by atoms with Crippen LogP contribution in [0, 0.1) is 0 Å². The number of hydrogen-bond donors (Lipinski definition) is 0. The molecule has 0 unspecified atom stereocenters. The van der Waals surface area contributed by atoms with E-state index in [1.165, 1.54) is 41.1 Å². The van der Waals surface area contributed by atoms with Crippen LogP contribution in [0.5, 0.6) is 0 Å². The highest BCUT2D eigenvalue weighted by molar-refractivity contribution is 9.11. The van der Waals surface area contributed by atoms with Crippen LogP contribution in [0.2, 0.25) is 0 Å². The summed E-state index contributed by atoms with van der Waals surface area (Å²) in [6.07, 6.45) is 0. The lowest BCUT2D eigenvalue weighted by Crippen LogP contribution is -1.83. The molecule has 0 atom stereocenters. The van der Waals surface area contributed by atoms with Crippen LogP contribution in [-0.2, 0) is 0 Å². The lowest BCUT2D eigenvalue weighted by Gasteiger charge is -2.09. The monoisotopic (exact) mass is 654 g/mol. The van der Waals surface area contributed by atoms with Gasteiger partial charge in [0.15, 0.2) is 0 Å². The third-order valence-corrected chi connectivity index (χ3v) is 10.5. The van der Waals surface area contributed by atoms with Crippen LogP contribution in [-0.4, -0.2) is 0 Å². The summed E-state index contributed by atoms with van der Waals surface area (Å²) >= 11 is 18.9. The fraction of sp³-hybridized carbons (Fsp3) is 0. The molecule has 5 rings (SSSR count). The first-order valence-electron chi connectivity index (χ1n) is 8.38. The van der Waals surface area contributed by atoms with Crippen LogP contribution in [0.25, 0.3) is 41.1 Å². The smallest absolute Gasteiger partial charge is 0.0509 e. The third kappa shape index (κ3) is 3.17. The molecule has 0 spiro atoms. The number of fused-ring (bicyclic) bond motifs is 2. The molecule has 0 N–H and O–H groups in total. The van der Waals surface area contributed by atoms with Crippen molar-refractivity contribution in [2.24, 2.45) is 0 Å². The first-order valence-corrected chi connectivity index (χ1v) is 13.2. The molecule has 0 aliphatic heterocycles. The molecule has 0 amide bonds. The zero-order valence-corrected chi connectivity index (χ0v) is 22.1. The number of hydrogen-bond acceptors (Lipinski definition) is 2. The van der Waals surface area contributed by atoms with Crippen molar-refractivity contribution < 1.29 is 0 Å². The Morgan fingerprint density at radius 1 is 0.536 bits per heavy atom. The number of halogens is 4. The minimum atomic E-state index is 1.09. The highest BCUT2D eigenvalue weighted by Gasteiger charge is 2.19. The van der Waals surface area contributed by atoms with Gasteiger partial charge in [0.05, 0.1) is 9.75 Å². The van der Waals surface area contributed by atoms with Gasteiger partial charge in [-0.25, -0.2) is 0 Å². The second kappa shape index (κ2) is 7.64. The van der Waals surface area contributed by atoms with Crippen molar-refractivity contribution in [1.29, 1.82) is 0 Å². The van der Waals surface area contributed by atoms with Crippen LogP contribution < -0.4 is 0 Å². The zero-order chi connectivity index (χ0) is 19.4. The molecule has 5 aromatic rings. The van der Waals surface area contributed by atoms with E-state index in [0.29, 0.717) is 0 Å². The average molecular weight is 658 g/mol. The van der Waals surface area contributed by atoms with Gasteiger partial charge >= 0.3 is 0 Å². The van der Waals surface area contributed by atoms with Gasteiger partial charge in [0.2, 0.25) is 0 Å². The summed E-state index contributed by atoms with van der Waals surface area (Å²) in [5.74, 6) is 0. The normalized spacial score (nSPS) is 11.6. The van der Waals surface area contributed by atoms with Crippen molar-refractivity contribution in [1.82, 2.24) is 0 Å². The quantitative estimate of drug-likeness (QED) is 0.177. The average Bonchev–Trinajstić information content (AvgIpc) is 3.21. The van der Waals surface area contributed by atoms with E-state index in [2.05, 4.69) is 124 Å². The van der Waals surface area contributed by atoms with E-state index in [9.17, 15) is 0 Å². The first-order chi connectivity index (χ1) is 13.5. The molecule has 0 nitrogen and oxygen atoms in total. The lowest BCUT2D eigenvalue weighted by atomic mass is 10.1. The number of rotatable bonds is 2. The van der Waals surface area contributed by atoms with Crippen molar-refractivity contribution >= 4 is 107 Å². The maximum atomic E-state index is 3.83. The highest BCUT2D eigenvalue weighted by atomic mass is 79.9. The molecule has 3 aromatic carbocycles. The van der Waals surface area contributed by atoms with Crippen molar-refractivity contribution in [2.75, 3.05) is 0 Å². The van der Waals surface area contributed by atoms with Gasteiger partial charge in [-0.3, -0.25) is 0 Å². The van der Waals surface area contributed by atoms with Crippen LogP contribution in [0.3, 0.4) is 0 Å². The third-order valence-electron chi connectivity index (χ3n) is 4.62. The van der Waals surface area contributed by atoms with Gasteiger partial charge in [0.1, 0.15) is 0 Å². The Labute approximate surface area is 204 Å². The second-order valence-electron chi connectivity index (χ2n) is 6.29. The largest absolute Gasteiger partial charge is 0.134 e. The summed E-state index contributed by atoms with van der Waals surface area (Å²) in [6.45, 7) is 0. The zero-order valence-electron chi connectivity index (χ0n) is 14.1. The predicted octanol–water partition coefficient (Wildman–Crippen LogP) is 10.5. The molecular weight excluding hydrogens is 648 g/mol. The fourth-order valence-corrected chi connectivity index (χ4v) is 8.73. The summed E-state index contributed by atoms with van der Waals surface area (Å²) in [7, 11) is 0.